The minimum atomic E-state index is 0.0451. The van der Waals surface area contributed by atoms with E-state index in [-0.39, 0.29) is 12.0 Å². The first-order valence-corrected chi connectivity index (χ1v) is 10.3. The summed E-state index contributed by atoms with van der Waals surface area (Å²) in [5.41, 5.74) is 1.55. The first-order valence-electron chi connectivity index (χ1n) is 10.3. The number of carbonyl (C=O) groups excluding carboxylic acids is 1. The van der Waals surface area contributed by atoms with Crippen LogP contribution in [0.5, 0.6) is 11.5 Å². The topological polar surface area (TPSA) is 60.9 Å². The van der Waals surface area contributed by atoms with E-state index in [1.165, 1.54) is 0 Å². The summed E-state index contributed by atoms with van der Waals surface area (Å²) >= 11 is 0. The summed E-state index contributed by atoms with van der Waals surface area (Å²) in [6.45, 7) is 2.37. The Morgan fingerprint density at radius 1 is 1.03 bits per heavy atom. The van der Waals surface area contributed by atoms with Crippen molar-refractivity contribution in [3.8, 4) is 11.5 Å². The van der Waals surface area contributed by atoms with Crippen LogP contribution in [0.3, 0.4) is 0 Å². The van der Waals surface area contributed by atoms with Crippen molar-refractivity contribution >= 4 is 16.8 Å². The first kappa shape index (κ1) is 20.2. The molecule has 0 bridgehead atoms. The number of fused-ring (bicyclic) bond motifs is 1. The molecule has 6 nitrogen and oxygen atoms in total. The number of methoxy groups -OCH3 is 1. The van der Waals surface area contributed by atoms with Crippen LogP contribution >= 0.6 is 0 Å². The number of piperidine rings is 1. The molecule has 1 aliphatic heterocycles. The van der Waals surface area contributed by atoms with Gasteiger partial charge in [0.25, 0.3) is 5.91 Å². The molecule has 6 heteroatoms. The third-order valence-corrected chi connectivity index (χ3v) is 5.28. The van der Waals surface area contributed by atoms with E-state index in [4.69, 9.17) is 14.2 Å². The highest BCUT2D eigenvalue weighted by Crippen LogP contribution is 2.27. The Morgan fingerprint density at radius 2 is 1.80 bits per heavy atom. The summed E-state index contributed by atoms with van der Waals surface area (Å²) in [7, 11) is 1.64. The fourth-order valence-electron chi connectivity index (χ4n) is 3.65. The molecule has 0 radical (unpaired) electrons. The zero-order chi connectivity index (χ0) is 20.8. The first-order chi connectivity index (χ1) is 14.7. The summed E-state index contributed by atoms with van der Waals surface area (Å²) in [6, 6.07) is 17.2. The number of amides is 1. The second-order valence-corrected chi connectivity index (χ2v) is 7.31. The molecule has 0 saturated carbocycles. The van der Waals surface area contributed by atoms with Gasteiger partial charge < -0.3 is 19.1 Å². The van der Waals surface area contributed by atoms with Gasteiger partial charge in [0, 0.05) is 50.2 Å². The maximum absolute atomic E-state index is 12.8. The van der Waals surface area contributed by atoms with Crippen LogP contribution in [0.2, 0.25) is 0 Å². The smallest absolute Gasteiger partial charge is 0.253 e. The van der Waals surface area contributed by atoms with E-state index >= 15 is 0 Å². The highest BCUT2D eigenvalue weighted by molar-refractivity contribution is 5.94. The van der Waals surface area contributed by atoms with Crippen molar-refractivity contribution < 1.29 is 19.0 Å². The molecule has 2 heterocycles. The minimum absolute atomic E-state index is 0.0451. The number of hydrogen-bond acceptors (Lipinski definition) is 5. The molecule has 3 aromatic rings. The van der Waals surface area contributed by atoms with Gasteiger partial charge in [0.15, 0.2) is 0 Å². The molecule has 1 aliphatic rings. The molecule has 4 rings (SSSR count). The number of pyridine rings is 1. The van der Waals surface area contributed by atoms with Crippen LogP contribution in [0, 0.1) is 0 Å². The lowest BCUT2D eigenvalue weighted by Gasteiger charge is -2.32. The van der Waals surface area contributed by atoms with Crippen molar-refractivity contribution in [1.29, 1.82) is 0 Å². The monoisotopic (exact) mass is 406 g/mol. The average Bonchev–Trinajstić information content (AvgIpc) is 2.80. The summed E-state index contributed by atoms with van der Waals surface area (Å²) in [6.07, 6.45) is 3.46. The summed E-state index contributed by atoms with van der Waals surface area (Å²) in [4.78, 5) is 19.2. The Morgan fingerprint density at radius 3 is 2.57 bits per heavy atom. The summed E-state index contributed by atoms with van der Waals surface area (Å²) in [5, 5.41) is 1.07. The Balaban J connectivity index is 1.32. The third-order valence-electron chi connectivity index (χ3n) is 5.28. The van der Waals surface area contributed by atoms with E-state index in [2.05, 4.69) is 4.98 Å². The Hall–Kier alpha value is -3.12. The number of para-hydroxylation sites is 1. The van der Waals surface area contributed by atoms with Gasteiger partial charge in [0.1, 0.15) is 29.7 Å². The van der Waals surface area contributed by atoms with Crippen LogP contribution in [-0.4, -0.2) is 55.3 Å². The number of nitrogens with zero attached hydrogens (tertiary/aromatic N) is 2. The van der Waals surface area contributed by atoms with Crippen molar-refractivity contribution in [2.24, 2.45) is 0 Å². The van der Waals surface area contributed by atoms with Crippen molar-refractivity contribution in [1.82, 2.24) is 9.88 Å². The molecule has 156 valence electrons. The van der Waals surface area contributed by atoms with Gasteiger partial charge in [-0.3, -0.25) is 9.78 Å². The molecule has 0 unspecified atom stereocenters. The highest BCUT2D eigenvalue weighted by Gasteiger charge is 2.25. The molecule has 1 amide bonds. The van der Waals surface area contributed by atoms with Gasteiger partial charge in [-0.2, -0.15) is 0 Å². The van der Waals surface area contributed by atoms with Gasteiger partial charge in [0.05, 0.1) is 6.61 Å². The molecule has 2 aromatic carbocycles. The second kappa shape index (κ2) is 9.59. The second-order valence-electron chi connectivity index (χ2n) is 7.31. The van der Waals surface area contributed by atoms with Gasteiger partial charge >= 0.3 is 0 Å². The normalized spacial score (nSPS) is 14.6. The summed E-state index contributed by atoms with van der Waals surface area (Å²) in [5.74, 6) is 1.59. The van der Waals surface area contributed by atoms with E-state index < -0.39 is 0 Å². The number of benzene rings is 2. The molecular weight excluding hydrogens is 380 g/mol. The Bertz CT molecular complexity index is 977. The van der Waals surface area contributed by atoms with Crippen molar-refractivity contribution in [3.63, 3.8) is 0 Å². The number of carbonyl (C=O) groups is 1. The summed E-state index contributed by atoms with van der Waals surface area (Å²) < 4.78 is 16.8. The standard InChI is InChI=1S/C24H26N2O4/c1-28-16-17-29-20-9-7-19(8-10-20)24(27)26-14-11-21(12-15-26)30-22-6-2-4-18-5-3-13-25-23(18)22/h2-10,13,21H,11-12,14-17H2,1H3. The van der Waals surface area contributed by atoms with E-state index in [0.717, 1.165) is 35.2 Å². The molecule has 30 heavy (non-hydrogen) atoms. The third kappa shape index (κ3) is 4.71. The molecule has 0 N–H and O–H groups in total. The van der Waals surface area contributed by atoms with Crippen molar-refractivity contribution in [2.45, 2.75) is 18.9 Å². The zero-order valence-corrected chi connectivity index (χ0v) is 17.1. The fourth-order valence-corrected chi connectivity index (χ4v) is 3.65. The van der Waals surface area contributed by atoms with E-state index in [9.17, 15) is 4.79 Å². The van der Waals surface area contributed by atoms with Crippen LogP contribution < -0.4 is 9.47 Å². The van der Waals surface area contributed by atoms with Gasteiger partial charge in [-0.05, 0) is 36.4 Å². The van der Waals surface area contributed by atoms with Crippen molar-refractivity contribution in [2.75, 3.05) is 33.4 Å². The molecule has 0 atom stereocenters. The number of hydrogen-bond donors (Lipinski definition) is 0. The SMILES string of the molecule is COCCOc1ccc(C(=O)N2CCC(Oc3cccc4cccnc34)CC2)cc1. The Kier molecular flexibility index (Phi) is 6.44. The Labute approximate surface area is 176 Å². The number of likely N-dealkylation sites (tertiary alicyclic amines) is 1. The molecule has 0 spiro atoms. The quantitative estimate of drug-likeness (QED) is 0.556. The van der Waals surface area contributed by atoms with Crippen molar-refractivity contribution in [3.05, 3.63) is 66.4 Å². The maximum Gasteiger partial charge on any atom is 0.253 e. The van der Waals surface area contributed by atoms with E-state index in [0.29, 0.717) is 31.9 Å². The molecule has 1 fully saturated rings. The minimum Gasteiger partial charge on any atom is -0.491 e. The van der Waals surface area contributed by atoms with Crippen LogP contribution in [0.25, 0.3) is 10.9 Å². The largest absolute Gasteiger partial charge is 0.491 e. The fraction of sp³-hybridized carbons (Fsp3) is 0.333. The number of ether oxygens (including phenoxy) is 3. The number of aromatic nitrogens is 1. The average molecular weight is 406 g/mol. The van der Waals surface area contributed by atoms with Gasteiger partial charge in [-0.15, -0.1) is 0 Å². The maximum atomic E-state index is 12.8. The van der Waals surface area contributed by atoms with Crippen LogP contribution in [-0.2, 0) is 4.74 Å². The molecular formula is C24H26N2O4. The predicted molar refractivity (Wildman–Crippen MR) is 115 cm³/mol. The van der Waals surface area contributed by atoms with Gasteiger partial charge in [-0.1, -0.05) is 18.2 Å². The van der Waals surface area contributed by atoms with E-state index in [1.807, 2.05) is 59.5 Å². The predicted octanol–water partition coefficient (Wildman–Crippen LogP) is 3.94. The molecule has 1 saturated heterocycles. The lowest BCUT2D eigenvalue weighted by atomic mass is 10.1. The molecule has 0 aliphatic carbocycles. The number of rotatable bonds is 7. The molecule has 1 aromatic heterocycles. The van der Waals surface area contributed by atoms with Gasteiger partial charge in [-0.25, -0.2) is 0 Å². The lowest BCUT2D eigenvalue weighted by Crippen LogP contribution is -2.41. The van der Waals surface area contributed by atoms with Crippen LogP contribution in [0.1, 0.15) is 23.2 Å². The lowest BCUT2D eigenvalue weighted by molar-refractivity contribution is 0.0597. The zero-order valence-electron chi connectivity index (χ0n) is 17.1. The van der Waals surface area contributed by atoms with Crippen LogP contribution in [0.4, 0.5) is 0 Å². The van der Waals surface area contributed by atoms with E-state index in [1.54, 1.807) is 13.3 Å². The highest BCUT2D eigenvalue weighted by atomic mass is 16.5. The van der Waals surface area contributed by atoms with Crippen LogP contribution in [0.15, 0.2) is 60.8 Å². The van der Waals surface area contributed by atoms with Gasteiger partial charge in [0.2, 0.25) is 0 Å².